The van der Waals surface area contributed by atoms with Crippen molar-refractivity contribution in [3.63, 3.8) is 0 Å². The van der Waals surface area contributed by atoms with Crippen LogP contribution in [0, 0.1) is 17.6 Å². The first kappa shape index (κ1) is 15.1. The Hall–Kier alpha value is -1.30. The number of hydrogen-bond acceptors (Lipinski definition) is 3. The molecule has 1 aliphatic carbocycles. The molecule has 2 unspecified atom stereocenters. The summed E-state index contributed by atoms with van der Waals surface area (Å²) < 4.78 is 49.9. The summed E-state index contributed by atoms with van der Waals surface area (Å²) in [6.45, 7) is 0. The first-order valence-corrected chi connectivity index (χ1v) is 8.42. The largest absolute Gasteiger partial charge is 0.294 e. The Morgan fingerprint density at radius 2 is 1.95 bits per heavy atom. The van der Waals surface area contributed by atoms with Gasteiger partial charge in [0.25, 0.3) is 0 Å². The number of benzene rings is 1. The predicted octanol–water partition coefficient (Wildman–Crippen LogP) is 2.75. The van der Waals surface area contributed by atoms with Gasteiger partial charge < -0.3 is 0 Å². The molecule has 0 spiro atoms. The Labute approximate surface area is 116 Å². The Bertz CT molecular complexity index is 625. The molecule has 1 aromatic rings. The minimum absolute atomic E-state index is 0.188. The lowest BCUT2D eigenvalue weighted by molar-refractivity contribution is 0.0886. The van der Waals surface area contributed by atoms with Gasteiger partial charge in [-0.3, -0.25) is 4.79 Å². The second-order valence-electron chi connectivity index (χ2n) is 5.30. The molecule has 1 aliphatic rings. The van der Waals surface area contributed by atoms with Crippen LogP contribution in [-0.2, 0) is 9.84 Å². The van der Waals surface area contributed by atoms with Crippen molar-refractivity contribution in [2.24, 2.45) is 5.92 Å². The minimum atomic E-state index is -3.21. The first-order valence-electron chi connectivity index (χ1n) is 6.47. The highest BCUT2D eigenvalue weighted by atomic mass is 32.2. The van der Waals surface area contributed by atoms with Crippen molar-refractivity contribution < 1.29 is 22.0 Å². The van der Waals surface area contributed by atoms with E-state index < -0.39 is 38.4 Å². The summed E-state index contributed by atoms with van der Waals surface area (Å²) in [7, 11) is -3.21. The second kappa shape index (κ2) is 5.60. The van der Waals surface area contributed by atoms with Crippen LogP contribution in [0.4, 0.5) is 8.78 Å². The fraction of sp³-hybridized carbons (Fsp3) is 0.500. The molecular formula is C14H16F2O3S. The van der Waals surface area contributed by atoms with Crippen LogP contribution in [-0.4, -0.2) is 25.7 Å². The van der Waals surface area contributed by atoms with Gasteiger partial charge in [-0.2, -0.15) is 0 Å². The van der Waals surface area contributed by atoms with E-state index in [2.05, 4.69) is 0 Å². The second-order valence-corrected chi connectivity index (χ2v) is 7.63. The van der Waals surface area contributed by atoms with E-state index in [0.29, 0.717) is 19.3 Å². The maximum atomic E-state index is 13.6. The summed E-state index contributed by atoms with van der Waals surface area (Å²) in [6, 6.07) is 2.74. The molecule has 1 fully saturated rings. The predicted molar refractivity (Wildman–Crippen MR) is 71.3 cm³/mol. The molecule has 0 radical (unpaired) electrons. The third-order valence-electron chi connectivity index (χ3n) is 3.80. The molecule has 0 aliphatic heterocycles. The zero-order valence-corrected chi connectivity index (χ0v) is 11.9. The number of ketones is 1. The highest BCUT2D eigenvalue weighted by molar-refractivity contribution is 7.91. The van der Waals surface area contributed by atoms with Gasteiger partial charge >= 0.3 is 0 Å². The zero-order chi connectivity index (χ0) is 14.9. The highest BCUT2D eigenvalue weighted by Crippen LogP contribution is 2.31. The minimum Gasteiger partial charge on any atom is -0.294 e. The van der Waals surface area contributed by atoms with Gasteiger partial charge in [0.05, 0.1) is 10.8 Å². The summed E-state index contributed by atoms with van der Waals surface area (Å²) in [4.78, 5) is 12.2. The van der Waals surface area contributed by atoms with E-state index in [1.165, 1.54) is 0 Å². The number of carbonyl (C=O) groups excluding carboxylic acids is 1. The molecule has 110 valence electrons. The maximum Gasteiger partial charge on any atom is 0.169 e. The SMILES string of the molecule is CS(=O)(=O)C1CCCC(C(=O)c2cc(F)ccc2F)C1. The van der Waals surface area contributed by atoms with E-state index in [4.69, 9.17) is 0 Å². The van der Waals surface area contributed by atoms with Crippen LogP contribution in [0.2, 0.25) is 0 Å². The third kappa shape index (κ3) is 3.23. The van der Waals surface area contributed by atoms with Crippen LogP contribution < -0.4 is 0 Å². The number of halogens is 2. The fourth-order valence-corrected chi connectivity index (χ4v) is 3.85. The van der Waals surface area contributed by atoms with Crippen molar-refractivity contribution in [1.29, 1.82) is 0 Å². The third-order valence-corrected chi connectivity index (χ3v) is 5.44. The van der Waals surface area contributed by atoms with Crippen molar-refractivity contribution in [3.05, 3.63) is 35.4 Å². The van der Waals surface area contributed by atoms with Gasteiger partial charge in [0.15, 0.2) is 5.78 Å². The quantitative estimate of drug-likeness (QED) is 0.807. The van der Waals surface area contributed by atoms with Gasteiger partial charge in [-0.15, -0.1) is 0 Å². The lowest BCUT2D eigenvalue weighted by atomic mass is 9.83. The van der Waals surface area contributed by atoms with E-state index >= 15 is 0 Å². The maximum absolute atomic E-state index is 13.6. The molecule has 1 saturated carbocycles. The van der Waals surface area contributed by atoms with Gasteiger partial charge in [-0.05, 0) is 37.5 Å². The average Bonchev–Trinajstić information content (AvgIpc) is 2.40. The Morgan fingerprint density at radius 3 is 2.60 bits per heavy atom. The molecule has 2 atom stereocenters. The van der Waals surface area contributed by atoms with Gasteiger partial charge in [-0.1, -0.05) is 6.42 Å². The van der Waals surface area contributed by atoms with E-state index in [1.807, 2.05) is 0 Å². The summed E-state index contributed by atoms with van der Waals surface area (Å²) in [6.07, 6.45) is 2.97. The summed E-state index contributed by atoms with van der Waals surface area (Å²) in [5.74, 6) is -2.50. The van der Waals surface area contributed by atoms with Crippen LogP contribution in [0.15, 0.2) is 18.2 Å². The van der Waals surface area contributed by atoms with E-state index in [1.54, 1.807) is 0 Å². The summed E-state index contributed by atoms with van der Waals surface area (Å²) in [5, 5.41) is -0.568. The summed E-state index contributed by atoms with van der Waals surface area (Å²) >= 11 is 0. The molecule has 0 N–H and O–H groups in total. The molecule has 6 heteroatoms. The van der Waals surface area contributed by atoms with Gasteiger partial charge in [0, 0.05) is 12.2 Å². The molecule has 2 rings (SSSR count). The molecule has 20 heavy (non-hydrogen) atoms. The van der Waals surface area contributed by atoms with Crippen LogP contribution in [0.25, 0.3) is 0 Å². The number of Topliss-reactive ketones (excluding diaryl/α,β-unsaturated/α-hetero) is 1. The molecular weight excluding hydrogens is 286 g/mol. The normalized spacial score (nSPS) is 23.6. The fourth-order valence-electron chi connectivity index (χ4n) is 2.68. The van der Waals surface area contributed by atoms with Crippen molar-refractivity contribution in [1.82, 2.24) is 0 Å². The zero-order valence-electron chi connectivity index (χ0n) is 11.1. The molecule has 0 saturated heterocycles. The topological polar surface area (TPSA) is 51.2 Å². The molecule has 0 amide bonds. The highest BCUT2D eigenvalue weighted by Gasteiger charge is 2.33. The molecule has 0 aromatic heterocycles. The first-order chi connectivity index (χ1) is 9.29. The van der Waals surface area contributed by atoms with Crippen molar-refractivity contribution in [3.8, 4) is 0 Å². The van der Waals surface area contributed by atoms with E-state index in [0.717, 1.165) is 24.5 Å². The number of hydrogen-bond donors (Lipinski definition) is 0. The molecule has 0 bridgehead atoms. The van der Waals surface area contributed by atoms with Crippen LogP contribution >= 0.6 is 0 Å². The van der Waals surface area contributed by atoms with Crippen LogP contribution in [0.1, 0.15) is 36.0 Å². The standard InChI is InChI=1S/C14H16F2O3S/c1-20(18,19)11-4-2-3-9(7-11)14(17)12-8-10(15)5-6-13(12)16/h5-6,8-9,11H,2-4,7H2,1H3. The molecule has 3 nitrogen and oxygen atoms in total. The van der Waals surface area contributed by atoms with Crippen molar-refractivity contribution >= 4 is 15.6 Å². The molecule has 0 heterocycles. The van der Waals surface area contributed by atoms with Crippen LogP contribution in [0.3, 0.4) is 0 Å². The summed E-state index contributed by atoms with van der Waals surface area (Å²) in [5.41, 5.74) is -0.288. The smallest absolute Gasteiger partial charge is 0.169 e. The van der Waals surface area contributed by atoms with E-state index in [-0.39, 0.29) is 12.0 Å². The van der Waals surface area contributed by atoms with E-state index in [9.17, 15) is 22.0 Å². The number of rotatable bonds is 3. The number of carbonyl (C=O) groups is 1. The van der Waals surface area contributed by atoms with Gasteiger partial charge in [0.1, 0.15) is 21.5 Å². The Balaban J connectivity index is 2.23. The van der Waals surface area contributed by atoms with Crippen molar-refractivity contribution in [2.75, 3.05) is 6.26 Å². The Kier molecular flexibility index (Phi) is 4.22. The van der Waals surface area contributed by atoms with Crippen LogP contribution in [0.5, 0.6) is 0 Å². The molecule has 1 aromatic carbocycles. The lowest BCUT2D eigenvalue weighted by Crippen LogP contribution is -2.31. The monoisotopic (exact) mass is 302 g/mol. The Morgan fingerprint density at radius 1 is 1.25 bits per heavy atom. The van der Waals surface area contributed by atoms with Gasteiger partial charge in [-0.25, -0.2) is 17.2 Å². The number of sulfone groups is 1. The average molecular weight is 302 g/mol. The van der Waals surface area contributed by atoms with Crippen molar-refractivity contribution in [2.45, 2.75) is 30.9 Å². The van der Waals surface area contributed by atoms with Gasteiger partial charge in [0.2, 0.25) is 0 Å². The lowest BCUT2D eigenvalue weighted by Gasteiger charge is -2.27.